The third-order valence-electron chi connectivity index (χ3n) is 2.31. The van der Waals surface area contributed by atoms with Crippen molar-refractivity contribution in [3.63, 3.8) is 0 Å². The lowest BCUT2D eigenvalue weighted by atomic mass is 10.1. The molecule has 2 amide bonds. The van der Waals surface area contributed by atoms with E-state index >= 15 is 0 Å². The van der Waals surface area contributed by atoms with E-state index in [0.717, 1.165) is 5.56 Å². The van der Waals surface area contributed by atoms with Gasteiger partial charge in [0.15, 0.2) is 0 Å². The highest BCUT2D eigenvalue weighted by atomic mass is 16.3. The number of rotatable bonds is 5. The van der Waals surface area contributed by atoms with Crippen LogP contribution in [0.5, 0.6) is 0 Å². The largest absolute Gasteiger partial charge is 0.391 e. The quantitative estimate of drug-likeness (QED) is 0.648. The van der Waals surface area contributed by atoms with Crippen LogP contribution in [0.15, 0.2) is 30.3 Å². The molecule has 0 aliphatic heterocycles. The molecule has 1 unspecified atom stereocenters. The minimum atomic E-state index is -1.05. The Labute approximate surface area is 99.6 Å². The Bertz CT molecular complexity index is 390. The molecule has 2 atom stereocenters. The number of hydrogen-bond acceptors (Lipinski definition) is 3. The molecule has 5 heteroatoms. The topological polar surface area (TPSA) is 92.4 Å². The second-order valence-electron chi connectivity index (χ2n) is 3.85. The summed E-state index contributed by atoms with van der Waals surface area (Å²) >= 11 is 0. The van der Waals surface area contributed by atoms with Crippen molar-refractivity contribution in [3.8, 4) is 0 Å². The maximum atomic E-state index is 11.6. The van der Waals surface area contributed by atoms with E-state index < -0.39 is 18.1 Å². The molecule has 92 valence electrons. The van der Waals surface area contributed by atoms with Crippen LogP contribution in [-0.4, -0.2) is 29.1 Å². The van der Waals surface area contributed by atoms with Gasteiger partial charge < -0.3 is 16.2 Å². The smallest absolute Gasteiger partial charge is 0.242 e. The summed E-state index contributed by atoms with van der Waals surface area (Å²) in [5.74, 6) is -1.10. The molecule has 1 aromatic carbocycles. The van der Waals surface area contributed by atoms with Gasteiger partial charge in [-0.05, 0) is 12.5 Å². The lowest BCUT2D eigenvalue weighted by molar-refractivity contribution is -0.129. The first-order chi connectivity index (χ1) is 8.00. The van der Waals surface area contributed by atoms with Crippen LogP contribution in [0.3, 0.4) is 0 Å². The molecule has 0 aliphatic rings. The summed E-state index contributed by atoms with van der Waals surface area (Å²) in [6.45, 7) is 1.40. The lowest BCUT2D eigenvalue weighted by Gasteiger charge is -2.17. The highest BCUT2D eigenvalue weighted by Crippen LogP contribution is 2.00. The molecule has 0 saturated carbocycles. The van der Waals surface area contributed by atoms with Crippen LogP contribution in [-0.2, 0) is 16.0 Å². The molecule has 1 aromatic rings. The summed E-state index contributed by atoms with van der Waals surface area (Å²) in [4.78, 5) is 22.6. The minimum absolute atomic E-state index is 0.150. The van der Waals surface area contributed by atoms with E-state index in [4.69, 9.17) is 5.73 Å². The van der Waals surface area contributed by atoms with Gasteiger partial charge in [-0.15, -0.1) is 0 Å². The Morgan fingerprint density at radius 3 is 2.41 bits per heavy atom. The number of carbonyl (C=O) groups excluding carboxylic acids is 2. The van der Waals surface area contributed by atoms with Gasteiger partial charge in [-0.2, -0.15) is 0 Å². The van der Waals surface area contributed by atoms with Crippen molar-refractivity contribution in [2.45, 2.75) is 25.5 Å². The molecule has 1 rings (SSSR count). The average molecular weight is 236 g/mol. The van der Waals surface area contributed by atoms with Gasteiger partial charge >= 0.3 is 0 Å². The summed E-state index contributed by atoms with van der Waals surface area (Å²) in [6.07, 6.45) is -0.857. The van der Waals surface area contributed by atoms with Crippen LogP contribution in [0.4, 0.5) is 0 Å². The van der Waals surface area contributed by atoms with Gasteiger partial charge in [-0.3, -0.25) is 9.59 Å². The predicted octanol–water partition coefficient (Wildman–Crippen LogP) is -0.420. The first-order valence-electron chi connectivity index (χ1n) is 5.31. The van der Waals surface area contributed by atoms with E-state index in [2.05, 4.69) is 5.32 Å². The van der Waals surface area contributed by atoms with Gasteiger partial charge in [0.2, 0.25) is 11.8 Å². The van der Waals surface area contributed by atoms with E-state index in [0.29, 0.717) is 0 Å². The van der Waals surface area contributed by atoms with E-state index in [1.807, 2.05) is 18.2 Å². The van der Waals surface area contributed by atoms with Crippen molar-refractivity contribution < 1.29 is 14.7 Å². The number of benzene rings is 1. The summed E-state index contributed by atoms with van der Waals surface area (Å²) in [5.41, 5.74) is 5.90. The van der Waals surface area contributed by atoms with Crippen molar-refractivity contribution in [1.29, 1.82) is 0 Å². The summed E-state index contributed by atoms with van der Waals surface area (Å²) in [5, 5.41) is 11.7. The van der Waals surface area contributed by atoms with Crippen LogP contribution in [0.2, 0.25) is 0 Å². The van der Waals surface area contributed by atoms with Crippen molar-refractivity contribution in [2.24, 2.45) is 5.73 Å². The molecule has 0 bridgehead atoms. The highest BCUT2D eigenvalue weighted by molar-refractivity contribution is 5.87. The standard InChI is InChI=1S/C12H16N2O3/c1-8(15)11(12(13)17)14-10(16)7-9-5-3-2-4-6-9/h2-6,8,11,15H,7H2,1H3,(H2,13,17)(H,14,16)/t8?,11-/m0/s1. The van der Waals surface area contributed by atoms with E-state index in [-0.39, 0.29) is 12.3 Å². The van der Waals surface area contributed by atoms with Crippen LogP contribution in [0.25, 0.3) is 0 Å². The molecule has 4 N–H and O–H groups in total. The highest BCUT2D eigenvalue weighted by Gasteiger charge is 2.22. The van der Waals surface area contributed by atoms with Gasteiger partial charge in [0.25, 0.3) is 0 Å². The zero-order chi connectivity index (χ0) is 12.8. The fourth-order valence-corrected chi connectivity index (χ4v) is 1.44. The van der Waals surface area contributed by atoms with Crippen LogP contribution in [0, 0.1) is 0 Å². The number of hydrogen-bond donors (Lipinski definition) is 3. The first-order valence-corrected chi connectivity index (χ1v) is 5.31. The monoisotopic (exact) mass is 236 g/mol. The number of nitrogens with two attached hydrogens (primary N) is 1. The fraction of sp³-hybridized carbons (Fsp3) is 0.333. The van der Waals surface area contributed by atoms with E-state index in [1.165, 1.54) is 6.92 Å². The maximum absolute atomic E-state index is 11.6. The maximum Gasteiger partial charge on any atom is 0.242 e. The lowest BCUT2D eigenvalue weighted by Crippen LogP contribution is -2.51. The summed E-state index contributed by atoms with van der Waals surface area (Å²) in [6, 6.07) is 8.06. The van der Waals surface area contributed by atoms with Crippen molar-refractivity contribution in [1.82, 2.24) is 5.32 Å². The molecule has 0 spiro atoms. The molecular formula is C12H16N2O3. The molecular weight excluding hydrogens is 220 g/mol. The number of aliphatic hydroxyl groups excluding tert-OH is 1. The Balaban J connectivity index is 2.57. The first kappa shape index (κ1) is 13.2. The summed E-state index contributed by atoms with van der Waals surface area (Å²) in [7, 11) is 0. The van der Waals surface area contributed by atoms with Crippen LogP contribution < -0.4 is 11.1 Å². The van der Waals surface area contributed by atoms with Crippen molar-refractivity contribution >= 4 is 11.8 Å². The molecule has 5 nitrogen and oxygen atoms in total. The number of nitrogens with one attached hydrogen (secondary N) is 1. The molecule has 0 saturated heterocycles. The van der Waals surface area contributed by atoms with Crippen molar-refractivity contribution in [3.05, 3.63) is 35.9 Å². The normalized spacial score (nSPS) is 13.8. The number of aliphatic hydroxyl groups is 1. The van der Waals surface area contributed by atoms with Gasteiger partial charge in [-0.1, -0.05) is 30.3 Å². The number of primary amides is 1. The minimum Gasteiger partial charge on any atom is -0.391 e. The molecule has 0 radical (unpaired) electrons. The Morgan fingerprint density at radius 2 is 1.94 bits per heavy atom. The predicted molar refractivity (Wildman–Crippen MR) is 63.0 cm³/mol. The second kappa shape index (κ2) is 6.00. The van der Waals surface area contributed by atoms with Crippen LogP contribution >= 0.6 is 0 Å². The van der Waals surface area contributed by atoms with E-state index in [1.54, 1.807) is 12.1 Å². The second-order valence-corrected chi connectivity index (χ2v) is 3.85. The molecule has 0 aromatic heterocycles. The Morgan fingerprint density at radius 1 is 1.35 bits per heavy atom. The third-order valence-corrected chi connectivity index (χ3v) is 2.31. The van der Waals surface area contributed by atoms with Crippen LogP contribution in [0.1, 0.15) is 12.5 Å². The Hall–Kier alpha value is -1.88. The van der Waals surface area contributed by atoms with Gasteiger partial charge in [0, 0.05) is 0 Å². The van der Waals surface area contributed by atoms with Gasteiger partial charge in [0.05, 0.1) is 12.5 Å². The van der Waals surface area contributed by atoms with Gasteiger partial charge in [-0.25, -0.2) is 0 Å². The molecule has 17 heavy (non-hydrogen) atoms. The SMILES string of the molecule is CC(O)[C@H](NC(=O)Cc1ccccc1)C(N)=O. The molecule has 0 heterocycles. The number of carbonyl (C=O) groups is 2. The third kappa shape index (κ3) is 4.24. The van der Waals surface area contributed by atoms with Gasteiger partial charge in [0.1, 0.15) is 6.04 Å². The Kier molecular flexibility index (Phi) is 4.66. The van der Waals surface area contributed by atoms with Crippen molar-refractivity contribution in [2.75, 3.05) is 0 Å². The zero-order valence-electron chi connectivity index (χ0n) is 9.59. The van der Waals surface area contributed by atoms with E-state index in [9.17, 15) is 14.7 Å². The number of amides is 2. The fourth-order valence-electron chi connectivity index (χ4n) is 1.44. The molecule has 0 aliphatic carbocycles. The average Bonchev–Trinajstić information content (AvgIpc) is 2.26. The zero-order valence-corrected chi connectivity index (χ0v) is 9.59. The molecule has 0 fully saturated rings. The summed E-state index contributed by atoms with van der Waals surface area (Å²) < 4.78 is 0.